The van der Waals surface area contributed by atoms with Crippen LogP contribution in [0.2, 0.25) is 0 Å². The molecule has 106 valence electrons. The highest BCUT2D eigenvalue weighted by molar-refractivity contribution is 7.99. The number of aryl methyl sites for hydroxylation is 1. The van der Waals surface area contributed by atoms with E-state index in [4.69, 9.17) is 10.3 Å². The Bertz CT molecular complexity index is 598. The Balaban J connectivity index is 1.55. The SMILES string of the molecule is NC1(c2noc(CCSc3ccccc3F)n2)CCC1. The van der Waals surface area contributed by atoms with Crippen molar-refractivity contribution < 1.29 is 8.91 Å². The van der Waals surface area contributed by atoms with E-state index in [-0.39, 0.29) is 11.4 Å². The lowest BCUT2D eigenvalue weighted by Crippen LogP contribution is -2.44. The van der Waals surface area contributed by atoms with Gasteiger partial charge in [0.2, 0.25) is 5.89 Å². The van der Waals surface area contributed by atoms with Gasteiger partial charge in [-0.15, -0.1) is 11.8 Å². The maximum Gasteiger partial charge on any atom is 0.227 e. The topological polar surface area (TPSA) is 64.9 Å². The zero-order valence-electron chi connectivity index (χ0n) is 11.0. The molecule has 0 saturated heterocycles. The molecule has 0 spiro atoms. The molecule has 1 aliphatic rings. The summed E-state index contributed by atoms with van der Waals surface area (Å²) in [5.74, 6) is 1.68. The van der Waals surface area contributed by atoms with Crippen LogP contribution in [0, 0.1) is 5.82 Å². The van der Waals surface area contributed by atoms with Gasteiger partial charge in [0, 0.05) is 17.1 Å². The second kappa shape index (κ2) is 5.54. The van der Waals surface area contributed by atoms with Gasteiger partial charge >= 0.3 is 0 Å². The van der Waals surface area contributed by atoms with Crippen LogP contribution in [0.5, 0.6) is 0 Å². The number of hydrogen-bond donors (Lipinski definition) is 1. The minimum absolute atomic E-state index is 0.195. The van der Waals surface area contributed by atoms with E-state index in [2.05, 4.69) is 10.1 Å². The highest BCUT2D eigenvalue weighted by Crippen LogP contribution is 2.36. The first-order valence-corrected chi connectivity index (χ1v) is 7.65. The molecule has 1 aromatic carbocycles. The number of rotatable bonds is 5. The fourth-order valence-electron chi connectivity index (χ4n) is 2.15. The fraction of sp³-hybridized carbons (Fsp3) is 0.429. The Morgan fingerprint density at radius 1 is 1.35 bits per heavy atom. The van der Waals surface area contributed by atoms with Crippen molar-refractivity contribution in [1.29, 1.82) is 0 Å². The molecule has 3 rings (SSSR count). The maximum atomic E-state index is 13.4. The number of nitrogens with zero attached hydrogens (tertiary/aromatic N) is 2. The van der Waals surface area contributed by atoms with Crippen molar-refractivity contribution >= 4 is 11.8 Å². The van der Waals surface area contributed by atoms with Gasteiger partial charge in [-0.1, -0.05) is 17.3 Å². The zero-order chi connectivity index (χ0) is 14.0. The van der Waals surface area contributed by atoms with Gasteiger partial charge in [0.15, 0.2) is 5.82 Å². The fourth-order valence-corrected chi connectivity index (χ4v) is 3.03. The quantitative estimate of drug-likeness (QED) is 0.859. The lowest BCUT2D eigenvalue weighted by molar-refractivity contribution is 0.229. The number of aromatic nitrogens is 2. The van der Waals surface area contributed by atoms with Gasteiger partial charge in [-0.3, -0.25) is 0 Å². The van der Waals surface area contributed by atoms with Crippen LogP contribution in [0.25, 0.3) is 0 Å². The highest BCUT2D eigenvalue weighted by Gasteiger charge is 2.38. The molecule has 0 amide bonds. The lowest BCUT2D eigenvalue weighted by Gasteiger charge is -2.34. The summed E-state index contributed by atoms with van der Waals surface area (Å²) in [5, 5.41) is 3.96. The van der Waals surface area contributed by atoms with Gasteiger partial charge in [0.05, 0.1) is 5.54 Å². The Morgan fingerprint density at radius 3 is 2.85 bits per heavy atom. The molecule has 2 N–H and O–H groups in total. The predicted molar refractivity (Wildman–Crippen MR) is 74.8 cm³/mol. The molecule has 0 bridgehead atoms. The van der Waals surface area contributed by atoms with Crippen LogP contribution >= 0.6 is 11.8 Å². The van der Waals surface area contributed by atoms with E-state index in [0.29, 0.717) is 28.8 Å². The third-order valence-electron chi connectivity index (χ3n) is 3.57. The first-order chi connectivity index (χ1) is 9.67. The monoisotopic (exact) mass is 293 g/mol. The summed E-state index contributed by atoms with van der Waals surface area (Å²) in [4.78, 5) is 4.99. The summed E-state index contributed by atoms with van der Waals surface area (Å²) < 4.78 is 18.6. The maximum absolute atomic E-state index is 13.4. The Labute approximate surface area is 120 Å². The highest BCUT2D eigenvalue weighted by atomic mass is 32.2. The van der Waals surface area contributed by atoms with Gasteiger partial charge in [-0.25, -0.2) is 4.39 Å². The molecule has 1 aromatic heterocycles. The zero-order valence-corrected chi connectivity index (χ0v) is 11.8. The minimum Gasteiger partial charge on any atom is -0.339 e. The van der Waals surface area contributed by atoms with E-state index in [1.165, 1.54) is 17.8 Å². The smallest absolute Gasteiger partial charge is 0.227 e. The van der Waals surface area contributed by atoms with Crippen molar-refractivity contribution in [1.82, 2.24) is 10.1 Å². The first kappa shape index (κ1) is 13.6. The minimum atomic E-state index is -0.388. The summed E-state index contributed by atoms with van der Waals surface area (Å²) in [7, 11) is 0. The van der Waals surface area contributed by atoms with Crippen LogP contribution < -0.4 is 5.73 Å². The van der Waals surface area contributed by atoms with Gasteiger partial charge < -0.3 is 10.3 Å². The molecule has 1 aliphatic carbocycles. The Morgan fingerprint density at radius 2 is 2.15 bits per heavy atom. The molecule has 1 saturated carbocycles. The van der Waals surface area contributed by atoms with Crippen LogP contribution in [0.3, 0.4) is 0 Å². The van der Waals surface area contributed by atoms with Gasteiger partial charge in [0.1, 0.15) is 5.82 Å². The second-order valence-corrected chi connectivity index (χ2v) is 6.19. The molecule has 4 nitrogen and oxygen atoms in total. The number of hydrogen-bond acceptors (Lipinski definition) is 5. The molecule has 1 heterocycles. The van der Waals surface area contributed by atoms with Crippen molar-refractivity contribution in [2.75, 3.05) is 5.75 Å². The Kier molecular flexibility index (Phi) is 3.76. The summed E-state index contributed by atoms with van der Waals surface area (Å²) in [5.41, 5.74) is 5.75. The van der Waals surface area contributed by atoms with Crippen molar-refractivity contribution in [2.24, 2.45) is 5.73 Å². The van der Waals surface area contributed by atoms with Crippen molar-refractivity contribution in [3.63, 3.8) is 0 Å². The van der Waals surface area contributed by atoms with Crippen molar-refractivity contribution in [3.8, 4) is 0 Å². The number of thioether (sulfide) groups is 1. The molecule has 6 heteroatoms. The molecule has 20 heavy (non-hydrogen) atoms. The van der Waals surface area contributed by atoms with E-state index >= 15 is 0 Å². The molecule has 0 atom stereocenters. The van der Waals surface area contributed by atoms with E-state index in [9.17, 15) is 4.39 Å². The number of benzene rings is 1. The molecular weight excluding hydrogens is 277 g/mol. The van der Waals surface area contributed by atoms with Crippen LogP contribution in [0.4, 0.5) is 4.39 Å². The summed E-state index contributed by atoms with van der Waals surface area (Å²) in [6.07, 6.45) is 3.55. The van der Waals surface area contributed by atoms with E-state index in [1.54, 1.807) is 12.1 Å². The largest absolute Gasteiger partial charge is 0.339 e. The first-order valence-electron chi connectivity index (χ1n) is 6.67. The van der Waals surface area contributed by atoms with Gasteiger partial charge in [-0.2, -0.15) is 4.98 Å². The van der Waals surface area contributed by atoms with Crippen LogP contribution in [-0.4, -0.2) is 15.9 Å². The summed E-state index contributed by atoms with van der Waals surface area (Å²) >= 11 is 1.44. The van der Waals surface area contributed by atoms with Gasteiger partial charge in [-0.05, 0) is 31.4 Å². The summed E-state index contributed by atoms with van der Waals surface area (Å²) in [6, 6.07) is 6.73. The van der Waals surface area contributed by atoms with E-state index in [0.717, 1.165) is 19.3 Å². The average molecular weight is 293 g/mol. The molecular formula is C14H16FN3OS. The number of halogens is 1. The molecule has 1 fully saturated rings. The van der Waals surface area contributed by atoms with Crippen LogP contribution in [0.15, 0.2) is 33.7 Å². The third kappa shape index (κ3) is 2.71. The third-order valence-corrected chi connectivity index (χ3v) is 4.62. The second-order valence-electron chi connectivity index (χ2n) is 5.05. The van der Waals surface area contributed by atoms with Crippen LogP contribution in [-0.2, 0) is 12.0 Å². The van der Waals surface area contributed by atoms with Crippen LogP contribution in [0.1, 0.15) is 31.0 Å². The van der Waals surface area contributed by atoms with Crippen molar-refractivity contribution in [2.45, 2.75) is 36.1 Å². The predicted octanol–water partition coefficient (Wildman–Crippen LogP) is 2.88. The van der Waals surface area contributed by atoms with Crippen molar-refractivity contribution in [3.05, 3.63) is 41.8 Å². The normalized spacial score (nSPS) is 16.9. The number of nitrogens with two attached hydrogens (primary N) is 1. The summed E-state index contributed by atoms with van der Waals surface area (Å²) in [6.45, 7) is 0. The lowest BCUT2D eigenvalue weighted by atomic mass is 9.77. The Hall–Kier alpha value is -1.40. The molecule has 0 aliphatic heterocycles. The van der Waals surface area contributed by atoms with E-state index < -0.39 is 0 Å². The molecule has 2 aromatic rings. The van der Waals surface area contributed by atoms with E-state index in [1.807, 2.05) is 6.07 Å². The standard InChI is InChI=1S/C14H16FN3OS/c15-10-4-1-2-5-11(10)20-9-6-12-17-13(18-19-12)14(16)7-3-8-14/h1-2,4-5H,3,6-9,16H2. The average Bonchev–Trinajstić information content (AvgIpc) is 2.87. The molecule has 0 radical (unpaired) electrons. The van der Waals surface area contributed by atoms with Gasteiger partial charge in [0.25, 0.3) is 0 Å². The molecule has 0 unspecified atom stereocenters.